The summed E-state index contributed by atoms with van der Waals surface area (Å²) >= 11 is 0. The van der Waals surface area contributed by atoms with Crippen LogP contribution in [0.3, 0.4) is 0 Å². The lowest BCUT2D eigenvalue weighted by molar-refractivity contribution is -0.143. The lowest BCUT2D eigenvalue weighted by Crippen LogP contribution is -2.26. The van der Waals surface area contributed by atoms with Crippen LogP contribution in [0.15, 0.2) is 0 Å². The fourth-order valence-corrected chi connectivity index (χ4v) is 5.04. The van der Waals surface area contributed by atoms with Crippen LogP contribution in [-0.2, 0) is 23.1 Å². The molecule has 6 heteroatoms. The summed E-state index contributed by atoms with van der Waals surface area (Å²) in [4.78, 5) is 12.5. The molecule has 0 saturated carbocycles. The van der Waals surface area contributed by atoms with Crippen molar-refractivity contribution in [2.45, 2.75) is 117 Å². The van der Waals surface area contributed by atoms with Crippen LogP contribution in [0.1, 0.15) is 111 Å². The van der Waals surface area contributed by atoms with Crippen LogP contribution in [0, 0.1) is 0 Å². The van der Waals surface area contributed by atoms with Crippen LogP contribution in [0.5, 0.6) is 0 Å². The molecule has 0 aliphatic carbocycles. The first-order valence-corrected chi connectivity index (χ1v) is 13.2. The van der Waals surface area contributed by atoms with Gasteiger partial charge in [0.2, 0.25) is 0 Å². The highest BCUT2D eigenvalue weighted by atomic mass is 31.2. The molecule has 0 aromatic heterocycles. The van der Waals surface area contributed by atoms with Crippen LogP contribution < -0.4 is 0 Å². The third-order valence-corrected chi connectivity index (χ3v) is 7.13. The Morgan fingerprint density at radius 3 is 1.64 bits per heavy atom. The van der Waals surface area contributed by atoms with E-state index >= 15 is 0 Å². The van der Waals surface area contributed by atoms with Crippen molar-refractivity contribution in [3.8, 4) is 0 Å². The van der Waals surface area contributed by atoms with Gasteiger partial charge in [0.25, 0.3) is 0 Å². The van der Waals surface area contributed by atoms with Gasteiger partial charge in [0, 0.05) is 0 Å². The minimum Gasteiger partial charge on any atom is -0.465 e. The Balaban J connectivity index is 4.77. The summed E-state index contributed by atoms with van der Waals surface area (Å²) in [6.07, 6.45) is 13.4. The van der Waals surface area contributed by atoms with Crippen molar-refractivity contribution in [3.05, 3.63) is 0 Å². The Labute approximate surface area is 173 Å². The van der Waals surface area contributed by atoms with E-state index in [-0.39, 0.29) is 6.61 Å². The number of hydrogen-bond acceptors (Lipinski definition) is 5. The van der Waals surface area contributed by atoms with Gasteiger partial charge in [-0.3, -0.25) is 9.36 Å². The van der Waals surface area contributed by atoms with Crippen molar-refractivity contribution in [3.63, 3.8) is 0 Å². The molecule has 0 spiro atoms. The lowest BCUT2D eigenvalue weighted by atomic mass is 10.1. The summed E-state index contributed by atoms with van der Waals surface area (Å²) in [6.45, 7) is 9.08. The van der Waals surface area contributed by atoms with Gasteiger partial charge in [-0.15, -0.1) is 0 Å². The van der Waals surface area contributed by atoms with Gasteiger partial charge in [-0.1, -0.05) is 85.0 Å². The van der Waals surface area contributed by atoms with Crippen molar-refractivity contribution in [2.75, 3.05) is 19.8 Å². The topological polar surface area (TPSA) is 61.8 Å². The molecule has 0 aliphatic heterocycles. The van der Waals surface area contributed by atoms with Crippen LogP contribution in [-0.4, -0.2) is 31.4 Å². The van der Waals surface area contributed by atoms with Gasteiger partial charge in [-0.25, -0.2) is 0 Å². The fraction of sp³-hybridized carbons (Fsp3) is 0.955. The van der Waals surface area contributed by atoms with Gasteiger partial charge >= 0.3 is 13.6 Å². The first kappa shape index (κ1) is 27.6. The summed E-state index contributed by atoms with van der Waals surface area (Å²) < 4.78 is 30.1. The van der Waals surface area contributed by atoms with E-state index in [9.17, 15) is 9.36 Å². The molecule has 0 bridgehead atoms. The normalized spacial score (nSPS) is 12.9. The Bertz CT molecular complexity index is 400. The number of unbranched alkanes of at least 4 members (excludes halogenated alkanes) is 9. The molecule has 168 valence electrons. The maximum absolute atomic E-state index is 13.5. The van der Waals surface area contributed by atoms with Gasteiger partial charge in [0.1, 0.15) is 0 Å². The predicted octanol–water partition coefficient (Wildman–Crippen LogP) is 7.28. The Hall–Kier alpha value is -0.380. The number of hydrogen-bond donors (Lipinski definition) is 0. The number of esters is 1. The molecule has 1 unspecified atom stereocenters. The zero-order chi connectivity index (χ0) is 21.1. The standard InChI is InChI=1S/C22H45O5P/c1-5-9-12-13-14-15-16-17-18-21(22(23)25-8-4)28(24,26-19-10-6-2)27-20-11-7-3/h21H,5-20H2,1-4H3. The van der Waals surface area contributed by atoms with Gasteiger partial charge < -0.3 is 13.8 Å². The second-order valence-corrected chi connectivity index (χ2v) is 9.66. The lowest BCUT2D eigenvalue weighted by Gasteiger charge is -2.25. The van der Waals surface area contributed by atoms with Crippen LogP contribution in [0.2, 0.25) is 0 Å². The van der Waals surface area contributed by atoms with Gasteiger partial charge in [-0.2, -0.15) is 0 Å². The summed E-state index contributed by atoms with van der Waals surface area (Å²) in [5.41, 5.74) is -0.804. The molecule has 0 aliphatic rings. The monoisotopic (exact) mass is 420 g/mol. The second kappa shape index (κ2) is 18.6. The molecule has 0 amide bonds. The van der Waals surface area contributed by atoms with E-state index in [0.29, 0.717) is 19.6 Å². The van der Waals surface area contributed by atoms with Gasteiger partial charge in [-0.05, 0) is 26.2 Å². The van der Waals surface area contributed by atoms with E-state index in [0.717, 1.165) is 44.9 Å². The summed E-state index contributed by atoms with van der Waals surface area (Å²) in [5, 5.41) is 0. The molecule has 0 heterocycles. The highest BCUT2D eigenvalue weighted by Crippen LogP contribution is 2.55. The van der Waals surface area contributed by atoms with Crippen molar-refractivity contribution in [2.24, 2.45) is 0 Å². The summed E-state index contributed by atoms with van der Waals surface area (Å²) in [7, 11) is -3.52. The Morgan fingerprint density at radius 1 is 0.714 bits per heavy atom. The molecule has 0 rings (SSSR count). The van der Waals surface area contributed by atoms with Crippen molar-refractivity contribution >= 4 is 13.6 Å². The van der Waals surface area contributed by atoms with Gasteiger partial charge in [0.05, 0.1) is 19.8 Å². The van der Waals surface area contributed by atoms with Crippen LogP contribution >= 0.6 is 7.60 Å². The third-order valence-electron chi connectivity index (χ3n) is 4.81. The number of carbonyl (C=O) groups excluding carboxylic acids is 1. The van der Waals surface area contributed by atoms with Gasteiger partial charge in [0.15, 0.2) is 5.66 Å². The SMILES string of the molecule is CCCCCCCCCCC(C(=O)OCC)P(=O)(OCCCC)OCCCC. The summed E-state index contributed by atoms with van der Waals surface area (Å²) in [5.74, 6) is -0.443. The minimum atomic E-state index is -3.52. The van der Waals surface area contributed by atoms with E-state index in [1.54, 1.807) is 6.92 Å². The smallest absolute Gasteiger partial charge is 0.344 e. The van der Waals surface area contributed by atoms with E-state index in [1.165, 1.54) is 32.1 Å². The maximum Gasteiger partial charge on any atom is 0.344 e. The molecular formula is C22H45O5P. The molecule has 0 aromatic carbocycles. The molecule has 0 fully saturated rings. The molecule has 5 nitrogen and oxygen atoms in total. The van der Waals surface area contributed by atoms with Crippen molar-refractivity contribution < 1.29 is 23.1 Å². The quantitative estimate of drug-likeness (QED) is 0.118. The Morgan fingerprint density at radius 2 is 1.18 bits per heavy atom. The number of ether oxygens (including phenoxy) is 1. The molecule has 0 saturated heterocycles. The highest BCUT2D eigenvalue weighted by molar-refractivity contribution is 7.55. The molecule has 0 N–H and O–H groups in total. The molecular weight excluding hydrogens is 375 g/mol. The van der Waals surface area contributed by atoms with E-state index in [1.807, 2.05) is 0 Å². The van der Waals surface area contributed by atoms with E-state index in [2.05, 4.69) is 20.8 Å². The Kier molecular flexibility index (Phi) is 18.4. The predicted molar refractivity (Wildman–Crippen MR) is 117 cm³/mol. The first-order chi connectivity index (χ1) is 13.6. The highest BCUT2D eigenvalue weighted by Gasteiger charge is 2.42. The maximum atomic E-state index is 13.5. The number of rotatable bonds is 20. The van der Waals surface area contributed by atoms with E-state index < -0.39 is 19.2 Å². The van der Waals surface area contributed by atoms with Crippen molar-refractivity contribution in [1.29, 1.82) is 0 Å². The fourth-order valence-electron chi connectivity index (χ4n) is 3.00. The molecule has 28 heavy (non-hydrogen) atoms. The minimum absolute atomic E-state index is 0.274. The zero-order valence-corrected chi connectivity index (χ0v) is 19.8. The number of carbonyl (C=O) groups is 1. The molecule has 0 aromatic rings. The molecule has 1 atom stereocenters. The summed E-state index contributed by atoms with van der Waals surface area (Å²) in [6, 6.07) is 0. The van der Waals surface area contributed by atoms with Crippen LogP contribution in [0.4, 0.5) is 0 Å². The average Bonchev–Trinajstić information content (AvgIpc) is 2.67. The largest absolute Gasteiger partial charge is 0.465 e. The van der Waals surface area contributed by atoms with Crippen molar-refractivity contribution in [1.82, 2.24) is 0 Å². The van der Waals surface area contributed by atoms with Crippen LogP contribution in [0.25, 0.3) is 0 Å². The second-order valence-electron chi connectivity index (χ2n) is 7.44. The third kappa shape index (κ3) is 13.0. The molecule has 0 radical (unpaired) electrons. The average molecular weight is 421 g/mol. The van der Waals surface area contributed by atoms with E-state index in [4.69, 9.17) is 13.8 Å². The zero-order valence-electron chi connectivity index (χ0n) is 18.9. The first-order valence-electron chi connectivity index (χ1n) is 11.6.